The average Bonchev–Trinajstić information content (AvgIpc) is 2.38. The minimum Gasteiger partial charge on any atom is -0.372 e. The molecule has 0 saturated carbocycles. The van der Waals surface area contributed by atoms with Gasteiger partial charge in [0.2, 0.25) is 0 Å². The number of benzene rings is 1. The van der Waals surface area contributed by atoms with Gasteiger partial charge in [-0.15, -0.1) is 0 Å². The average molecular weight is 219 g/mol. The second kappa shape index (κ2) is 6.02. The quantitative estimate of drug-likeness (QED) is 0.840. The first-order chi connectivity index (χ1) is 7.92. The summed E-state index contributed by atoms with van der Waals surface area (Å²) in [5, 5.41) is 3.58. The molecular formula is C14H21NO. The van der Waals surface area contributed by atoms with E-state index >= 15 is 0 Å². The number of hydrogen-bond donors (Lipinski definition) is 1. The van der Waals surface area contributed by atoms with Crippen molar-refractivity contribution in [1.29, 1.82) is 0 Å². The first-order valence-corrected chi connectivity index (χ1v) is 6.31. The zero-order valence-corrected chi connectivity index (χ0v) is 9.99. The number of ether oxygens (including phenoxy) is 1. The summed E-state index contributed by atoms with van der Waals surface area (Å²) in [4.78, 5) is 0. The third-order valence-electron chi connectivity index (χ3n) is 3.19. The number of rotatable bonds is 4. The van der Waals surface area contributed by atoms with Crippen molar-refractivity contribution < 1.29 is 4.74 Å². The Morgan fingerprint density at radius 1 is 1.31 bits per heavy atom. The first-order valence-electron chi connectivity index (χ1n) is 6.31. The molecule has 0 amide bonds. The maximum Gasteiger partial charge on any atom is 0.0977 e. The van der Waals surface area contributed by atoms with E-state index in [0.717, 1.165) is 13.2 Å². The minimum absolute atomic E-state index is 0.214. The predicted molar refractivity (Wildman–Crippen MR) is 66.5 cm³/mol. The number of hydrogen-bond acceptors (Lipinski definition) is 2. The van der Waals surface area contributed by atoms with E-state index in [-0.39, 0.29) is 6.10 Å². The lowest BCUT2D eigenvalue weighted by Crippen LogP contribution is -2.39. The van der Waals surface area contributed by atoms with Gasteiger partial charge < -0.3 is 10.1 Å². The van der Waals surface area contributed by atoms with Gasteiger partial charge in [0.1, 0.15) is 0 Å². The van der Waals surface area contributed by atoms with E-state index in [9.17, 15) is 0 Å². The molecule has 1 saturated heterocycles. The third kappa shape index (κ3) is 2.83. The summed E-state index contributed by atoms with van der Waals surface area (Å²) in [6.45, 7) is 3.97. The standard InChI is InChI=1S/C14H21NO/c1-2-16-14(12-8-4-3-5-9-12)13-10-6-7-11-15-13/h3-5,8-9,13-15H,2,6-7,10-11H2,1H3. The molecule has 0 aliphatic carbocycles. The van der Waals surface area contributed by atoms with E-state index in [1.165, 1.54) is 24.8 Å². The van der Waals surface area contributed by atoms with Gasteiger partial charge in [-0.05, 0) is 31.9 Å². The monoisotopic (exact) mass is 219 g/mol. The molecule has 88 valence electrons. The summed E-state index contributed by atoms with van der Waals surface area (Å²) in [5.74, 6) is 0. The molecule has 0 bridgehead atoms. The molecule has 16 heavy (non-hydrogen) atoms. The maximum absolute atomic E-state index is 5.90. The van der Waals surface area contributed by atoms with Gasteiger partial charge in [-0.1, -0.05) is 36.8 Å². The number of nitrogens with one attached hydrogen (secondary N) is 1. The summed E-state index contributed by atoms with van der Waals surface area (Å²) in [5.41, 5.74) is 1.30. The van der Waals surface area contributed by atoms with Gasteiger partial charge in [-0.3, -0.25) is 0 Å². The van der Waals surface area contributed by atoms with Crippen LogP contribution in [-0.2, 0) is 4.74 Å². The molecule has 0 spiro atoms. The molecule has 1 fully saturated rings. The highest BCUT2D eigenvalue weighted by atomic mass is 16.5. The molecule has 1 aliphatic rings. The molecule has 2 rings (SSSR count). The van der Waals surface area contributed by atoms with Gasteiger partial charge >= 0.3 is 0 Å². The summed E-state index contributed by atoms with van der Waals surface area (Å²) < 4.78 is 5.90. The van der Waals surface area contributed by atoms with E-state index in [0.29, 0.717) is 6.04 Å². The van der Waals surface area contributed by atoms with Crippen LogP contribution in [0.4, 0.5) is 0 Å². The highest BCUT2D eigenvalue weighted by Crippen LogP contribution is 2.26. The second-order valence-corrected chi connectivity index (χ2v) is 4.34. The van der Waals surface area contributed by atoms with Crippen molar-refractivity contribution in [2.24, 2.45) is 0 Å². The smallest absolute Gasteiger partial charge is 0.0977 e. The molecule has 2 atom stereocenters. The Hall–Kier alpha value is -0.860. The zero-order valence-electron chi connectivity index (χ0n) is 9.99. The van der Waals surface area contributed by atoms with E-state index in [1.807, 2.05) is 0 Å². The van der Waals surface area contributed by atoms with Crippen LogP contribution in [0.3, 0.4) is 0 Å². The van der Waals surface area contributed by atoms with Crippen LogP contribution in [0.5, 0.6) is 0 Å². The van der Waals surface area contributed by atoms with Gasteiger partial charge in [0.15, 0.2) is 0 Å². The molecule has 1 heterocycles. The van der Waals surface area contributed by atoms with E-state index in [1.54, 1.807) is 0 Å². The normalized spacial score (nSPS) is 22.9. The molecule has 1 aromatic rings. The van der Waals surface area contributed by atoms with Gasteiger partial charge in [0.05, 0.1) is 6.10 Å². The van der Waals surface area contributed by atoms with Gasteiger partial charge in [0, 0.05) is 12.6 Å². The van der Waals surface area contributed by atoms with Crippen molar-refractivity contribution in [3.8, 4) is 0 Å². The van der Waals surface area contributed by atoms with Gasteiger partial charge in [-0.2, -0.15) is 0 Å². The summed E-state index contributed by atoms with van der Waals surface area (Å²) >= 11 is 0. The predicted octanol–water partition coefficient (Wildman–Crippen LogP) is 2.91. The van der Waals surface area contributed by atoms with E-state index in [2.05, 4.69) is 42.6 Å². The van der Waals surface area contributed by atoms with Crippen LogP contribution >= 0.6 is 0 Å². The lowest BCUT2D eigenvalue weighted by atomic mass is 9.95. The minimum atomic E-state index is 0.214. The Balaban J connectivity index is 2.09. The molecule has 0 aromatic heterocycles. The Morgan fingerprint density at radius 3 is 2.75 bits per heavy atom. The van der Waals surface area contributed by atoms with Crippen LogP contribution in [0.1, 0.15) is 37.9 Å². The van der Waals surface area contributed by atoms with E-state index < -0.39 is 0 Å². The molecule has 2 heteroatoms. The van der Waals surface area contributed by atoms with Crippen molar-refractivity contribution >= 4 is 0 Å². The summed E-state index contributed by atoms with van der Waals surface area (Å²) in [6, 6.07) is 11.0. The topological polar surface area (TPSA) is 21.3 Å². The summed E-state index contributed by atoms with van der Waals surface area (Å²) in [6.07, 6.45) is 4.05. The summed E-state index contributed by atoms with van der Waals surface area (Å²) in [7, 11) is 0. The van der Waals surface area contributed by atoms with Gasteiger partial charge in [-0.25, -0.2) is 0 Å². The Bertz CT molecular complexity index is 293. The molecule has 1 aromatic carbocycles. The van der Waals surface area contributed by atoms with Crippen LogP contribution < -0.4 is 5.32 Å². The Labute approximate surface area is 98.0 Å². The van der Waals surface area contributed by atoms with Crippen molar-refractivity contribution in [1.82, 2.24) is 5.32 Å². The molecule has 1 N–H and O–H groups in total. The largest absolute Gasteiger partial charge is 0.372 e. The van der Waals surface area contributed by atoms with Gasteiger partial charge in [0.25, 0.3) is 0 Å². The molecular weight excluding hydrogens is 198 g/mol. The molecule has 0 radical (unpaired) electrons. The van der Waals surface area contributed by atoms with Crippen LogP contribution in [0.2, 0.25) is 0 Å². The molecule has 2 nitrogen and oxygen atoms in total. The Kier molecular flexibility index (Phi) is 4.37. The third-order valence-corrected chi connectivity index (χ3v) is 3.19. The van der Waals surface area contributed by atoms with Crippen LogP contribution in [-0.4, -0.2) is 19.2 Å². The second-order valence-electron chi connectivity index (χ2n) is 4.34. The Morgan fingerprint density at radius 2 is 2.12 bits per heavy atom. The maximum atomic E-state index is 5.90. The zero-order chi connectivity index (χ0) is 11.2. The van der Waals surface area contributed by atoms with Crippen molar-refractivity contribution in [2.45, 2.75) is 38.3 Å². The highest BCUT2D eigenvalue weighted by Gasteiger charge is 2.24. The first kappa shape index (κ1) is 11.6. The highest BCUT2D eigenvalue weighted by molar-refractivity contribution is 5.19. The van der Waals surface area contributed by atoms with Crippen LogP contribution in [0, 0.1) is 0 Å². The number of piperidine rings is 1. The molecule has 1 aliphatic heterocycles. The lowest BCUT2D eigenvalue weighted by Gasteiger charge is -2.31. The fourth-order valence-corrected chi connectivity index (χ4v) is 2.40. The van der Waals surface area contributed by atoms with Crippen molar-refractivity contribution in [3.05, 3.63) is 35.9 Å². The fraction of sp³-hybridized carbons (Fsp3) is 0.571. The lowest BCUT2D eigenvalue weighted by molar-refractivity contribution is 0.0260. The van der Waals surface area contributed by atoms with Crippen LogP contribution in [0.25, 0.3) is 0 Å². The van der Waals surface area contributed by atoms with Crippen molar-refractivity contribution in [2.75, 3.05) is 13.2 Å². The van der Waals surface area contributed by atoms with Crippen molar-refractivity contribution in [3.63, 3.8) is 0 Å². The van der Waals surface area contributed by atoms with E-state index in [4.69, 9.17) is 4.74 Å². The fourth-order valence-electron chi connectivity index (χ4n) is 2.40. The molecule has 2 unspecified atom stereocenters. The van der Waals surface area contributed by atoms with Crippen LogP contribution in [0.15, 0.2) is 30.3 Å². The SMILES string of the molecule is CCOC(c1ccccc1)C1CCCCN1.